The number of nitrogens with zero attached hydrogens (tertiary/aromatic N) is 5. The smallest absolute Gasteiger partial charge is 0.243 e. The van der Waals surface area contributed by atoms with Gasteiger partial charge in [0.15, 0.2) is 5.16 Å². The zero-order chi connectivity index (χ0) is 14.4. The summed E-state index contributed by atoms with van der Waals surface area (Å²) in [6.45, 7) is 6.27. The molecule has 1 aromatic heterocycles. The van der Waals surface area contributed by atoms with Crippen LogP contribution in [-0.4, -0.2) is 77.3 Å². The number of hydrogen-bond acceptors (Lipinski definition) is 8. The van der Waals surface area contributed by atoms with Crippen LogP contribution in [0, 0.1) is 0 Å². The number of nitrogens with one attached hydrogen (secondary N) is 2. The fourth-order valence-corrected chi connectivity index (χ4v) is 2.41. The minimum atomic E-state index is 0.369. The molecule has 1 aliphatic rings. The van der Waals surface area contributed by atoms with Crippen LogP contribution in [0.4, 0.5) is 11.9 Å². The molecule has 0 saturated carbocycles. The van der Waals surface area contributed by atoms with Crippen molar-refractivity contribution in [3.05, 3.63) is 0 Å². The fraction of sp³-hybridized carbons (Fsp3) is 0.727. The highest BCUT2D eigenvalue weighted by molar-refractivity contribution is 7.98. The lowest BCUT2D eigenvalue weighted by Crippen LogP contribution is -2.45. The predicted octanol–water partition coefficient (Wildman–Crippen LogP) is 0.818. The molecule has 1 fully saturated rings. The van der Waals surface area contributed by atoms with Crippen molar-refractivity contribution in [3.63, 3.8) is 0 Å². The van der Waals surface area contributed by atoms with Gasteiger partial charge in [0, 0.05) is 51.0 Å². The first kappa shape index (κ1) is 15.6. The molecule has 2 heterocycles. The molecule has 0 amide bonds. The number of piperazine rings is 1. The lowest BCUT2D eigenvalue weighted by atomic mass is 10.3. The van der Waals surface area contributed by atoms with Crippen molar-refractivity contribution in [1.82, 2.24) is 24.8 Å². The summed E-state index contributed by atoms with van der Waals surface area (Å²) < 4.78 is 0. The molecule has 9 heteroatoms. The Balaban J connectivity index is 1.81. The highest BCUT2D eigenvalue weighted by Crippen LogP contribution is 2.13. The molecule has 1 aliphatic heterocycles. The Kier molecular flexibility index (Phi) is 6.08. The molecule has 0 spiro atoms. The molecular weight excluding hydrogens is 298 g/mol. The van der Waals surface area contributed by atoms with E-state index in [4.69, 9.17) is 11.8 Å². The van der Waals surface area contributed by atoms with E-state index in [2.05, 4.69) is 42.0 Å². The maximum atomic E-state index is 5.54. The van der Waals surface area contributed by atoms with Gasteiger partial charge in [0.05, 0.1) is 0 Å². The minimum Gasteiger partial charge on any atom is -0.353 e. The van der Waals surface area contributed by atoms with Gasteiger partial charge in [0.2, 0.25) is 11.9 Å². The van der Waals surface area contributed by atoms with E-state index in [1.54, 1.807) is 0 Å². The Morgan fingerprint density at radius 1 is 1.15 bits per heavy atom. The Morgan fingerprint density at radius 2 is 1.85 bits per heavy atom. The van der Waals surface area contributed by atoms with E-state index in [-0.39, 0.29) is 0 Å². The molecule has 0 unspecified atom stereocenters. The van der Waals surface area contributed by atoms with Crippen molar-refractivity contribution in [2.75, 3.05) is 62.7 Å². The van der Waals surface area contributed by atoms with Gasteiger partial charge >= 0.3 is 0 Å². The van der Waals surface area contributed by atoms with Gasteiger partial charge in [-0.05, 0) is 13.3 Å². The van der Waals surface area contributed by atoms with Crippen LogP contribution in [-0.2, 0) is 0 Å². The highest BCUT2D eigenvalue weighted by atomic mass is 35.5. The predicted molar refractivity (Wildman–Crippen MR) is 83.5 cm³/mol. The average molecular weight is 318 g/mol. The molecule has 7 nitrogen and oxygen atoms in total. The van der Waals surface area contributed by atoms with E-state index < -0.39 is 0 Å². The molecule has 2 rings (SSSR count). The van der Waals surface area contributed by atoms with Gasteiger partial charge < -0.3 is 10.2 Å². The summed E-state index contributed by atoms with van der Waals surface area (Å²) in [5, 5.41) is 3.87. The Bertz CT molecular complexity index is 403. The first-order valence-electron chi connectivity index (χ1n) is 6.52. The lowest BCUT2D eigenvalue weighted by molar-refractivity contribution is 0.158. The molecule has 0 atom stereocenters. The number of rotatable bonds is 6. The molecule has 1 saturated heterocycles. The summed E-state index contributed by atoms with van der Waals surface area (Å²) in [6.07, 6.45) is 1.92. The normalized spacial score (nSPS) is 17.1. The number of anilines is 2. The van der Waals surface area contributed by atoms with Gasteiger partial charge in [-0.15, -0.1) is 0 Å². The second-order valence-electron chi connectivity index (χ2n) is 4.64. The summed E-state index contributed by atoms with van der Waals surface area (Å²) in [5.41, 5.74) is 0. The quantitative estimate of drug-likeness (QED) is 0.590. The SMILES string of the molecule is CSc1nc(NCl)nc(NCCN2CCN(C)CC2)n1. The molecule has 0 bridgehead atoms. The summed E-state index contributed by atoms with van der Waals surface area (Å²) >= 11 is 7.00. The van der Waals surface area contributed by atoms with Gasteiger partial charge in [0.25, 0.3) is 0 Å². The van der Waals surface area contributed by atoms with Crippen LogP contribution in [0.1, 0.15) is 0 Å². The summed E-state index contributed by atoms with van der Waals surface area (Å²) in [4.78, 5) is 19.8. The van der Waals surface area contributed by atoms with Gasteiger partial charge in [-0.1, -0.05) is 11.8 Å². The van der Waals surface area contributed by atoms with Crippen molar-refractivity contribution in [3.8, 4) is 0 Å². The molecule has 0 aliphatic carbocycles. The van der Waals surface area contributed by atoms with Gasteiger partial charge in [-0.3, -0.25) is 9.74 Å². The maximum Gasteiger partial charge on any atom is 0.243 e. The van der Waals surface area contributed by atoms with Crippen molar-refractivity contribution >= 4 is 35.4 Å². The van der Waals surface area contributed by atoms with E-state index in [0.717, 1.165) is 39.3 Å². The number of hydrogen-bond donors (Lipinski definition) is 2. The lowest BCUT2D eigenvalue weighted by Gasteiger charge is -2.32. The van der Waals surface area contributed by atoms with Crippen LogP contribution in [0.3, 0.4) is 0 Å². The fourth-order valence-electron chi connectivity index (χ4n) is 1.97. The number of halogens is 1. The van der Waals surface area contributed by atoms with Gasteiger partial charge in [0.1, 0.15) is 0 Å². The van der Waals surface area contributed by atoms with Crippen LogP contribution >= 0.6 is 23.5 Å². The Labute approximate surface area is 128 Å². The molecular formula is C11H20ClN7S. The second kappa shape index (κ2) is 7.82. The van der Waals surface area contributed by atoms with E-state index >= 15 is 0 Å². The molecule has 112 valence electrons. The first-order chi connectivity index (χ1) is 9.71. The topological polar surface area (TPSA) is 69.2 Å². The van der Waals surface area contributed by atoms with Crippen LogP contribution < -0.4 is 10.2 Å². The Hall–Kier alpha value is -0.830. The molecule has 0 aromatic carbocycles. The third-order valence-corrected chi connectivity index (χ3v) is 3.91. The maximum absolute atomic E-state index is 5.54. The summed E-state index contributed by atoms with van der Waals surface area (Å²) in [7, 11) is 2.16. The van der Waals surface area contributed by atoms with Crippen LogP contribution in [0.15, 0.2) is 5.16 Å². The standard InChI is InChI=1S/C11H20ClN7S/c1-18-5-7-19(8-6-18)4-3-13-9-14-10(17-12)16-11(15-9)20-2/h3-8H2,1-2H3,(H2,13,14,15,16,17). The Morgan fingerprint density at radius 3 is 2.50 bits per heavy atom. The van der Waals surface area contributed by atoms with Crippen LogP contribution in [0.2, 0.25) is 0 Å². The van der Waals surface area contributed by atoms with E-state index in [1.807, 2.05) is 6.26 Å². The van der Waals surface area contributed by atoms with Gasteiger partial charge in [-0.2, -0.15) is 15.0 Å². The van der Waals surface area contributed by atoms with Crippen molar-refractivity contribution in [2.24, 2.45) is 0 Å². The first-order valence-corrected chi connectivity index (χ1v) is 8.13. The van der Waals surface area contributed by atoms with Crippen molar-refractivity contribution in [2.45, 2.75) is 5.16 Å². The van der Waals surface area contributed by atoms with Crippen LogP contribution in [0.5, 0.6) is 0 Å². The molecule has 2 N–H and O–H groups in total. The summed E-state index contributed by atoms with van der Waals surface area (Å²) in [6, 6.07) is 0. The second-order valence-corrected chi connectivity index (χ2v) is 5.60. The average Bonchev–Trinajstić information content (AvgIpc) is 2.49. The van der Waals surface area contributed by atoms with Crippen molar-refractivity contribution in [1.29, 1.82) is 0 Å². The number of thioether (sulfide) groups is 1. The molecule has 1 aromatic rings. The number of likely N-dealkylation sites (N-methyl/N-ethyl adjacent to an activating group) is 1. The third-order valence-electron chi connectivity index (χ3n) is 3.19. The van der Waals surface area contributed by atoms with Crippen LogP contribution in [0.25, 0.3) is 0 Å². The van der Waals surface area contributed by atoms with E-state index in [9.17, 15) is 0 Å². The van der Waals surface area contributed by atoms with Crippen molar-refractivity contribution < 1.29 is 0 Å². The largest absolute Gasteiger partial charge is 0.353 e. The molecule has 0 radical (unpaired) electrons. The van der Waals surface area contributed by atoms with Gasteiger partial charge in [-0.25, -0.2) is 0 Å². The molecule has 20 heavy (non-hydrogen) atoms. The minimum absolute atomic E-state index is 0.369. The third kappa shape index (κ3) is 4.62. The monoisotopic (exact) mass is 317 g/mol. The highest BCUT2D eigenvalue weighted by Gasteiger charge is 2.13. The zero-order valence-corrected chi connectivity index (χ0v) is 13.3. The zero-order valence-electron chi connectivity index (χ0n) is 11.8. The van der Waals surface area contributed by atoms with E-state index in [1.165, 1.54) is 11.8 Å². The summed E-state index contributed by atoms with van der Waals surface area (Å²) in [5.74, 6) is 0.926. The number of aromatic nitrogens is 3. The van der Waals surface area contributed by atoms with E-state index in [0.29, 0.717) is 17.1 Å².